The second-order valence-corrected chi connectivity index (χ2v) is 4.54. The van der Waals surface area contributed by atoms with Crippen molar-refractivity contribution in [3.05, 3.63) is 0 Å². The summed E-state index contributed by atoms with van der Waals surface area (Å²) in [5, 5.41) is 0. The van der Waals surface area contributed by atoms with Gasteiger partial charge in [0.1, 0.15) is 6.54 Å². The van der Waals surface area contributed by atoms with E-state index in [-0.39, 0.29) is 24.3 Å². The van der Waals surface area contributed by atoms with Crippen molar-refractivity contribution < 1.29 is 19.1 Å². The second-order valence-electron chi connectivity index (χ2n) is 4.54. The molecule has 0 bridgehead atoms. The van der Waals surface area contributed by atoms with E-state index in [2.05, 4.69) is 0 Å². The van der Waals surface area contributed by atoms with Gasteiger partial charge in [-0.2, -0.15) is 0 Å². The molecule has 1 aliphatic rings. The third kappa shape index (κ3) is 4.64. The first-order valence-corrected chi connectivity index (χ1v) is 6.62. The molecule has 0 N–H and O–H groups in total. The molecule has 0 spiro atoms. The van der Waals surface area contributed by atoms with Gasteiger partial charge in [0, 0.05) is 19.6 Å². The van der Waals surface area contributed by atoms with Crippen LogP contribution in [0.25, 0.3) is 0 Å². The molecule has 1 fully saturated rings. The maximum atomic E-state index is 12.3. The van der Waals surface area contributed by atoms with Crippen molar-refractivity contribution in [3.63, 3.8) is 0 Å². The Hall–Kier alpha value is -1.10. The Bertz CT molecular complexity index is 274. The minimum Gasteiger partial charge on any atom is -0.465 e. The quantitative estimate of drug-likeness (QED) is 0.643. The molecular formula is C13H23NO4. The number of carbonyl (C=O) groups excluding carboxylic acids is 2. The fraction of sp³-hybridized carbons (Fsp3) is 0.846. The molecule has 1 amide bonds. The molecule has 18 heavy (non-hydrogen) atoms. The minimum absolute atomic E-state index is 0.0343. The topological polar surface area (TPSA) is 55.8 Å². The van der Waals surface area contributed by atoms with Crippen LogP contribution in [0.2, 0.25) is 0 Å². The summed E-state index contributed by atoms with van der Waals surface area (Å²) < 4.78 is 9.87. The van der Waals surface area contributed by atoms with E-state index in [4.69, 9.17) is 9.47 Å². The fourth-order valence-electron chi connectivity index (χ4n) is 2.26. The average molecular weight is 257 g/mol. The molecule has 0 atom stereocenters. The zero-order chi connectivity index (χ0) is 13.4. The van der Waals surface area contributed by atoms with E-state index in [1.54, 1.807) is 18.9 Å². The number of hydrogen-bond acceptors (Lipinski definition) is 4. The lowest BCUT2D eigenvalue weighted by atomic mass is 10.1. The van der Waals surface area contributed by atoms with Crippen molar-refractivity contribution >= 4 is 11.9 Å². The Morgan fingerprint density at radius 3 is 2.50 bits per heavy atom. The summed E-state index contributed by atoms with van der Waals surface area (Å²) in [5.41, 5.74) is 0. The zero-order valence-corrected chi connectivity index (χ0v) is 11.3. The van der Waals surface area contributed by atoms with Crippen LogP contribution in [0.4, 0.5) is 0 Å². The first kappa shape index (κ1) is 15.0. The van der Waals surface area contributed by atoms with Crippen molar-refractivity contribution in [1.82, 2.24) is 4.90 Å². The lowest BCUT2D eigenvalue weighted by Gasteiger charge is -2.24. The predicted octanol–water partition coefficient (Wildman–Crippen LogP) is 1.21. The lowest BCUT2D eigenvalue weighted by molar-refractivity contribution is -0.150. The SMILES string of the molecule is CCOC(=O)CN(CCOC)C(=O)C1CCCC1. The zero-order valence-electron chi connectivity index (χ0n) is 11.3. The molecule has 1 saturated carbocycles. The van der Waals surface area contributed by atoms with Gasteiger partial charge in [-0.05, 0) is 19.8 Å². The second kappa shape index (κ2) is 8.08. The molecule has 0 aromatic rings. The summed E-state index contributed by atoms with van der Waals surface area (Å²) in [7, 11) is 1.59. The first-order chi connectivity index (χ1) is 8.69. The van der Waals surface area contributed by atoms with E-state index in [1.165, 1.54) is 0 Å². The molecule has 0 aromatic carbocycles. The summed E-state index contributed by atoms with van der Waals surface area (Å²) in [6.45, 7) is 3.03. The Kier molecular flexibility index (Phi) is 6.72. The van der Waals surface area contributed by atoms with Gasteiger partial charge in [0.05, 0.1) is 13.2 Å². The van der Waals surface area contributed by atoms with Gasteiger partial charge < -0.3 is 14.4 Å². The van der Waals surface area contributed by atoms with E-state index in [0.717, 1.165) is 25.7 Å². The average Bonchev–Trinajstić information content (AvgIpc) is 2.87. The molecule has 0 saturated heterocycles. The molecular weight excluding hydrogens is 234 g/mol. The monoisotopic (exact) mass is 257 g/mol. The molecule has 5 nitrogen and oxygen atoms in total. The standard InChI is InChI=1S/C13H23NO4/c1-3-18-12(15)10-14(8-9-17-2)13(16)11-6-4-5-7-11/h11H,3-10H2,1-2H3. The summed E-state index contributed by atoms with van der Waals surface area (Å²) in [6, 6.07) is 0. The van der Waals surface area contributed by atoms with Gasteiger partial charge in [0.15, 0.2) is 0 Å². The summed E-state index contributed by atoms with van der Waals surface area (Å²) in [5.74, 6) is -0.200. The molecule has 0 heterocycles. The van der Waals surface area contributed by atoms with E-state index < -0.39 is 0 Å². The van der Waals surface area contributed by atoms with Gasteiger partial charge in [-0.15, -0.1) is 0 Å². The van der Waals surface area contributed by atoms with Crippen molar-refractivity contribution in [2.24, 2.45) is 5.92 Å². The maximum absolute atomic E-state index is 12.3. The molecule has 1 rings (SSSR count). The smallest absolute Gasteiger partial charge is 0.325 e. The van der Waals surface area contributed by atoms with Gasteiger partial charge in [-0.1, -0.05) is 12.8 Å². The first-order valence-electron chi connectivity index (χ1n) is 6.62. The normalized spacial score (nSPS) is 15.7. The van der Waals surface area contributed by atoms with Crippen molar-refractivity contribution in [2.45, 2.75) is 32.6 Å². The summed E-state index contributed by atoms with van der Waals surface area (Å²) >= 11 is 0. The van der Waals surface area contributed by atoms with E-state index >= 15 is 0 Å². The molecule has 0 aliphatic heterocycles. The largest absolute Gasteiger partial charge is 0.465 e. The summed E-state index contributed by atoms with van der Waals surface area (Å²) in [4.78, 5) is 25.3. The Morgan fingerprint density at radius 2 is 1.94 bits per heavy atom. The third-order valence-corrected chi connectivity index (χ3v) is 3.21. The van der Waals surface area contributed by atoms with Crippen molar-refractivity contribution in [2.75, 3.05) is 33.4 Å². The number of amides is 1. The van der Waals surface area contributed by atoms with Crippen molar-refractivity contribution in [1.29, 1.82) is 0 Å². The molecule has 5 heteroatoms. The fourth-order valence-corrected chi connectivity index (χ4v) is 2.26. The highest BCUT2D eigenvalue weighted by molar-refractivity contribution is 5.83. The Labute approximate surface area is 108 Å². The van der Waals surface area contributed by atoms with Crippen LogP contribution in [0.3, 0.4) is 0 Å². The highest BCUT2D eigenvalue weighted by atomic mass is 16.5. The number of methoxy groups -OCH3 is 1. The highest BCUT2D eigenvalue weighted by Gasteiger charge is 2.28. The lowest BCUT2D eigenvalue weighted by Crippen LogP contribution is -2.41. The minimum atomic E-state index is -0.347. The molecule has 0 aromatic heterocycles. The van der Waals surface area contributed by atoms with Gasteiger partial charge >= 0.3 is 5.97 Å². The van der Waals surface area contributed by atoms with Crippen LogP contribution < -0.4 is 0 Å². The predicted molar refractivity (Wildman–Crippen MR) is 67.0 cm³/mol. The van der Waals surface area contributed by atoms with Gasteiger partial charge in [0.25, 0.3) is 0 Å². The van der Waals surface area contributed by atoms with Gasteiger partial charge in [-0.25, -0.2) is 0 Å². The van der Waals surface area contributed by atoms with Crippen LogP contribution >= 0.6 is 0 Å². The number of carbonyl (C=O) groups is 2. The number of nitrogens with zero attached hydrogens (tertiary/aromatic N) is 1. The molecule has 0 unspecified atom stereocenters. The van der Waals surface area contributed by atoms with Gasteiger partial charge in [-0.3, -0.25) is 9.59 Å². The van der Waals surface area contributed by atoms with Crippen LogP contribution in [-0.4, -0.2) is 50.2 Å². The number of hydrogen-bond donors (Lipinski definition) is 0. The summed E-state index contributed by atoms with van der Waals surface area (Å²) in [6.07, 6.45) is 4.08. The van der Waals surface area contributed by atoms with Crippen LogP contribution in [0, 0.1) is 5.92 Å². The number of ether oxygens (including phenoxy) is 2. The third-order valence-electron chi connectivity index (χ3n) is 3.21. The number of esters is 1. The molecule has 0 radical (unpaired) electrons. The maximum Gasteiger partial charge on any atom is 0.325 e. The van der Waals surface area contributed by atoms with Crippen LogP contribution in [0.1, 0.15) is 32.6 Å². The number of rotatable bonds is 7. The van der Waals surface area contributed by atoms with E-state index in [9.17, 15) is 9.59 Å². The van der Waals surface area contributed by atoms with Crippen LogP contribution in [-0.2, 0) is 19.1 Å². The van der Waals surface area contributed by atoms with Crippen molar-refractivity contribution in [3.8, 4) is 0 Å². The van der Waals surface area contributed by atoms with Crippen LogP contribution in [0.5, 0.6) is 0 Å². The molecule has 1 aliphatic carbocycles. The van der Waals surface area contributed by atoms with Crippen LogP contribution in [0.15, 0.2) is 0 Å². The Balaban J connectivity index is 2.52. The van der Waals surface area contributed by atoms with Gasteiger partial charge in [0.2, 0.25) is 5.91 Å². The van der Waals surface area contributed by atoms with E-state index in [0.29, 0.717) is 19.8 Å². The Morgan fingerprint density at radius 1 is 1.28 bits per heavy atom. The highest BCUT2D eigenvalue weighted by Crippen LogP contribution is 2.26. The molecule has 104 valence electrons. The van der Waals surface area contributed by atoms with E-state index in [1.807, 2.05) is 0 Å².